The van der Waals surface area contributed by atoms with Gasteiger partial charge in [0.2, 0.25) is 0 Å². The van der Waals surface area contributed by atoms with Crippen LogP contribution in [-0.4, -0.2) is 70.4 Å². The molecule has 0 aromatic rings. The summed E-state index contributed by atoms with van der Waals surface area (Å²) in [5.74, 6) is 0. The third-order valence-corrected chi connectivity index (χ3v) is 5.94. The van der Waals surface area contributed by atoms with Gasteiger partial charge in [0.15, 0.2) is 6.29 Å². The highest BCUT2D eigenvalue weighted by molar-refractivity contribution is 4.94. The van der Waals surface area contributed by atoms with E-state index in [1.807, 2.05) is 6.08 Å². The van der Waals surface area contributed by atoms with E-state index in [0.717, 1.165) is 12.8 Å². The van der Waals surface area contributed by atoms with Crippen molar-refractivity contribution in [3.63, 3.8) is 0 Å². The fourth-order valence-electron chi connectivity index (χ4n) is 3.80. The molecule has 1 fully saturated rings. The minimum absolute atomic E-state index is 0.0512. The van der Waals surface area contributed by atoms with E-state index >= 15 is 0 Å². The first kappa shape index (κ1) is 28.5. The molecular weight excluding hydrogens is 398 g/mol. The summed E-state index contributed by atoms with van der Waals surface area (Å²) in [5.41, 5.74) is 5.97. The smallest absolute Gasteiger partial charge is 0.160 e. The number of unbranched alkanes of at least 4 members (excludes halogenated alkanes) is 11. The van der Waals surface area contributed by atoms with Crippen molar-refractivity contribution in [2.24, 2.45) is 5.73 Å². The Labute approximate surface area is 188 Å². The Kier molecular flexibility index (Phi) is 16.5. The van der Waals surface area contributed by atoms with Crippen LogP contribution in [-0.2, 0) is 9.47 Å². The second-order valence-corrected chi connectivity index (χ2v) is 8.82. The van der Waals surface area contributed by atoms with Crippen molar-refractivity contribution >= 4 is 0 Å². The lowest BCUT2D eigenvalue weighted by molar-refractivity contribution is -0.258. The molecule has 0 aromatic heterocycles. The molecule has 4 unspecified atom stereocenters. The van der Waals surface area contributed by atoms with E-state index in [1.54, 1.807) is 6.08 Å². The van der Waals surface area contributed by atoms with Crippen LogP contribution in [0.15, 0.2) is 12.2 Å². The second-order valence-electron chi connectivity index (χ2n) is 8.82. The van der Waals surface area contributed by atoms with Crippen molar-refractivity contribution in [1.29, 1.82) is 0 Å². The Balaban J connectivity index is 2.03. The van der Waals surface area contributed by atoms with Crippen LogP contribution >= 0.6 is 0 Å². The van der Waals surface area contributed by atoms with E-state index in [4.69, 9.17) is 15.2 Å². The fourth-order valence-corrected chi connectivity index (χ4v) is 3.80. The molecule has 1 aliphatic heterocycles. The second kappa shape index (κ2) is 18.0. The highest BCUT2D eigenvalue weighted by atomic mass is 16.7. The summed E-state index contributed by atoms with van der Waals surface area (Å²) < 4.78 is 10.9. The number of hydrogen-bond acceptors (Lipinski definition) is 7. The summed E-state index contributed by atoms with van der Waals surface area (Å²) in [5, 5.41) is 38.8. The number of nitrogens with two attached hydrogens (primary N) is 1. The summed E-state index contributed by atoms with van der Waals surface area (Å²) in [7, 11) is 0. The van der Waals surface area contributed by atoms with Gasteiger partial charge in [0.1, 0.15) is 12.2 Å². The van der Waals surface area contributed by atoms with Gasteiger partial charge in [-0.1, -0.05) is 83.3 Å². The maximum atomic E-state index is 10.2. The average molecular weight is 446 g/mol. The van der Waals surface area contributed by atoms with Gasteiger partial charge in [-0.25, -0.2) is 0 Å². The summed E-state index contributed by atoms with van der Waals surface area (Å²) in [4.78, 5) is 0. The maximum Gasteiger partial charge on any atom is 0.160 e. The molecule has 0 radical (unpaired) electrons. The lowest BCUT2D eigenvalue weighted by atomic mass is 10.0. The summed E-state index contributed by atoms with van der Waals surface area (Å²) in [6.07, 6.45) is 14.5. The fraction of sp³-hybridized carbons (Fsp3) is 0.917. The van der Waals surface area contributed by atoms with E-state index in [2.05, 4.69) is 6.92 Å². The monoisotopic (exact) mass is 445 g/mol. The van der Waals surface area contributed by atoms with E-state index in [-0.39, 0.29) is 13.0 Å². The van der Waals surface area contributed by atoms with Crippen LogP contribution in [0.5, 0.6) is 0 Å². The number of hydrogen-bond donors (Lipinski definition) is 5. The molecule has 31 heavy (non-hydrogen) atoms. The van der Waals surface area contributed by atoms with Gasteiger partial charge >= 0.3 is 0 Å². The van der Waals surface area contributed by atoms with Crippen LogP contribution < -0.4 is 5.73 Å². The Morgan fingerprint density at radius 3 is 2.16 bits per heavy atom. The highest BCUT2D eigenvalue weighted by Crippen LogP contribution is 2.21. The van der Waals surface area contributed by atoms with Crippen molar-refractivity contribution in [1.82, 2.24) is 0 Å². The molecule has 0 aromatic carbocycles. The number of ether oxygens (including phenoxy) is 2. The normalized spacial score (nSPS) is 26.4. The largest absolute Gasteiger partial charge is 0.394 e. The van der Waals surface area contributed by atoms with Crippen molar-refractivity contribution in [3.8, 4) is 0 Å². The SMILES string of the molecule is CCCCCCCCCCCCC/C=C/[C@@H](O)[C@@H](N)COC1CC(O)C(O)C(CO)O1. The topological polar surface area (TPSA) is 125 Å². The molecule has 6 N–H and O–H groups in total. The Morgan fingerprint density at radius 2 is 1.58 bits per heavy atom. The third-order valence-electron chi connectivity index (χ3n) is 5.94. The molecule has 1 saturated heterocycles. The van der Waals surface area contributed by atoms with Crippen LogP contribution in [0.4, 0.5) is 0 Å². The molecule has 0 spiro atoms. The molecule has 6 atom stereocenters. The quantitative estimate of drug-likeness (QED) is 0.162. The molecular formula is C24H47NO6. The zero-order valence-corrected chi connectivity index (χ0v) is 19.4. The first-order valence-electron chi connectivity index (χ1n) is 12.3. The molecule has 1 heterocycles. The highest BCUT2D eigenvalue weighted by Gasteiger charge is 2.37. The average Bonchev–Trinajstić information content (AvgIpc) is 2.77. The maximum absolute atomic E-state index is 10.2. The predicted octanol–water partition coefficient (Wildman–Crippen LogP) is 2.78. The van der Waals surface area contributed by atoms with Gasteiger partial charge in [-0.3, -0.25) is 0 Å². The lowest BCUT2D eigenvalue weighted by Gasteiger charge is -2.36. The van der Waals surface area contributed by atoms with Gasteiger partial charge in [-0.05, 0) is 12.8 Å². The first-order chi connectivity index (χ1) is 15.0. The van der Waals surface area contributed by atoms with E-state index in [1.165, 1.54) is 64.2 Å². The summed E-state index contributed by atoms with van der Waals surface area (Å²) >= 11 is 0. The van der Waals surface area contributed by atoms with Crippen LogP contribution in [0.2, 0.25) is 0 Å². The van der Waals surface area contributed by atoms with Gasteiger partial charge < -0.3 is 35.6 Å². The van der Waals surface area contributed by atoms with Gasteiger partial charge in [-0.15, -0.1) is 0 Å². The number of aliphatic hydroxyl groups excluding tert-OH is 4. The molecule has 0 saturated carbocycles. The van der Waals surface area contributed by atoms with Crippen LogP contribution in [0.1, 0.15) is 90.4 Å². The van der Waals surface area contributed by atoms with E-state index in [9.17, 15) is 20.4 Å². The van der Waals surface area contributed by atoms with Crippen LogP contribution in [0, 0.1) is 0 Å². The molecule has 7 nitrogen and oxygen atoms in total. The Morgan fingerprint density at radius 1 is 1.00 bits per heavy atom. The zero-order valence-electron chi connectivity index (χ0n) is 19.4. The molecule has 0 bridgehead atoms. The van der Waals surface area contributed by atoms with Crippen LogP contribution in [0.3, 0.4) is 0 Å². The van der Waals surface area contributed by atoms with Crippen molar-refractivity contribution in [3.05, 3.63) is 12.2 Å². The van der Waals surface area contributed by atoms with Crippen molar-refractivity contribution < 1.29 is 29.9 Å². The molecule has 7 heteroatoms. The molecule has 0 amide bonds. The van der Waals surface area contributed by atoms with Gasteiger partial charge in [-0.2, -0.15) is 0 Å². The number of aliphatic hydroxyl groups is 4. The molecule has 184 valence electrons. The predicted molar refractivity (Wildman–Crippen MR) is 123 cm³/mol. The minimum atomic E-state index is -1.14. The van der Waals surface area contributed by atoms with Gasteiger partial charge in [0.25, 0.3) is 0 Å². The zero-order chi connectivity index (χ0) is 22.9. The van der Waals surface area contributed by atoms with Crippen LogP contribution in [0.25, 0.3) is 0 Å². The van der Waals surface area contributed by atoms with Gasteiger partial charge in [0.05, 0.1) is 31.5 Å². The standard InChI is InChI=1S/C24H47NO6/c1-2-3-4-5-6-7-8-9-10-11-12-13-14-15-20(27)19(25)18-30-23-16-21(28)24(29)22(17-26)31-23/h14-15,19-24,26-29H,2-13,16-18,25H2,1H3/b15-14+/t19-,20+,21?,22?,23?,24?/m0/s1. The molecule has 1 rings (SSSR count). The molecule has 1 aliphatic rings. The summed E-state index contributed by atoms with van der Waals surface area (Å²) in [6, 6.07) is -0.617. The van der Waals surface area contributed by atoms with Crippen molar-refractivity contribution in [2.45, 2.75) is 127 Å². The Hall–Kier alpha value is -0.540. The molecule has 0 aliphatic carbocycles. The third kappa shape index (κ3) is 12.9. The number of rotatable bonds is 18. The number of allylic oxidation sites excluding steroid dienone is 1. The van der Waals surface area contributed by atoms with Crippen molar-refractivity contribution in [2.75, 3.05) is 13.2 Å². The first-order valence-corrected chi connectivity index (χ1v) is 12.3. The Bertz CT molecular complexity index is 450. The van der Waals surface area contributed by atoms with E-state index in [0.29, 0.717) is 0 Å². The summed E-state index contributed by atoms with van der Waals surface area (Å²) in [6.45, 7) is 1.89. The van der Waals surface area contributed by atoms with Gasteiger partial charge in [0, 0.05) is 6.42 Å². The van der Waals surface area contributed by atoms with E-state index < -0.39 is 43.4 Å². The lowest BCUT2D eigenvalue weighted by Crippen LogP contribution is -2.51. The minimum Gasteiger partial charge on any atom is -0.394 e.